The van der Waals surface area contributed by atoms with Crippen LogP contribution in [0.15, 0.2) is 65.8 Å². The molecule has 7 nitrogen and oxygen atoms in total. The first kappa shape index (κ1) is 22.9. The molecule has 0 saturated carbocycles. The van der Waals surface area contributed by atoms with Gasteiger partial charge in [-0.25, -0.2) is 19.1 Å². The lowest BCUT2D eigenvalue weighted by molar-refractivity contribution is -0.0609. The van der Waals surface area contributed by atoms with Crippen LogP contribution in [0.5, 0.6) is 0 Å². The number of benzene rings is 2. The standard InChI is InChI=1S/C24H26F2N4O3/c1-32-29-23(31)30-24(17-8-3-2-4-9-17,14-7-15-27-19-10-5-6-11-19)33-22(28-30)20-16-18(25)12-13-21(20)26/h2-5,8-10,12-13,16,19,27H,6-7,11,14-15H2,1H3,(H,29,31). The van der Waals surface area contributed by atoms with Crippen LogP contribution >= 0.6 is 0 Å². The van der Waals surface area contributed by atoms with Crippen LogP contribution in [-0.2, 0) is 15.3 Å². The minimum absolute atomic E-state index is 0.169. The van der Waals surface area contributed by atoms with E-state index in [4.69, 9.17) is 9.57 Å². The number of hydrazone groups is 1. The third-order valence-corrected chi connectivity index (χ3v) is 5.68. The maximum atomic E-state index is 14.5. The normalized spacial score (nSPS) is 21.7. The Morgan fingerprint density at radius 2 is 2.09 bits per heavy atom. The summed E-state index contributed by atoms with van der Waals surface area (Å²) in [6.07, 6.45) is 7.37. The molecular formula is C24H26F2N4O3. The predicted octanol–water partition coefficient (Wildman–Crippen LogP) is 4.17. The summed E-state index contributed by atoms with van der Waals surface area (Å²) in [6, 6.07) is 11.7. The first-order chi connectivity index (χ1) is 16.0. The van der Waals surface area contributed by atoms with E-state index in [1.54, 1.807) is 12.1 Å². The highest BCUT2D eigenvalue weighted by molar-refractivity contribution is 5.97. The number of halogens is 2. The molecule has 1 aliphatic heterocycles. The molecule has 1 heterocycles. The Morgan fingerprint density at radius 3 is 2.82 bits per heavy atom. The molecule has 9 heteroatoms. The number of hydrogen-bond acceptors (Lipinski definition) is 5. The summed E-state index contributed by atoms with van der Waals surface area (Å²) in [6.45, 7) is 0.677. The number of hydrogen-bond donors (Lipinski definition) is 2. The van der Waals surface area contributed by atoms with Crippen LogP contribution in [-0.4, -0.2) is 36.6 Å². The Kier molecular flexibility index (Phi) is 7.00. The molecule has 2 N–H and O–H groups in total. The van der Waals surface area contributed by atoms with Gasteiger partial charge < -0.3 is 10.1 Å². The summed E-state index contributed by atoms with van der Waals surface area (Å²) in [5.41, 5.74) is 1.36. The van der Waals surface area contributed by atoms with E-state index in [1.807, 2.05) is 18.2 Å². The van der Waals surface area contributed by atoms with Gasteiger partial charge in [0.05, 0.1) is 12.7 Å². The summed E-state index contributed by atoms with van der Waals surface area (Å²) >= 11 is 0. The molecule has 174 valence electrons. The highest BCUT2D eigenvalue weighted by Crippen LogP contribution is 2.41. The summed E-state index contributed by atoms with van der Waals surface area (Å²) in [7, 11) is 1.30. The van der Waals surface area contributed by atoms with Gasteiger partial charge in [0.15, 0.2) is 0 Å². The lowest BCUT2D eigenvalue weighted by Gasteiger charge is -2.35. The van der Waals surface area contributed by atoms with Gasteiger partial charge in [-0.3, -0.25) is 4.84 Å². The number of nitrogens with one attached hydrogen (secondary N) is 2. The number of urea groups is 1. The summed E-state index contributed by atoms with van der Waals surface area (Å²) in [4.78, 5) is 17.7. The van der Waals surface area contributed by atoms with Crippen LogP contribution < -0.4 is 10.8 Å². The van der Waals surface area contributed by atoms with Gasteiger partial charge in [0.2, 0.25) is 11.6 Å². The number of hydroxylamine groups is 1. The Morgan fingerprint density at radius 1 is 1.27 bits per heavy atom. The smallest absolute Gasteiger partial charge is 0.365 e. The molecule has 2 aromatic carbocycles. The zero-order valence-electron chi connectivity index (χ0n) is 18.3. The monoisotopic (exact) mass is 456 g/mol. The maximum Gasteiger partial charge on any atom is 0.365 e. The van der Waals surface area contributed by atoms with Gasteiger partial charge in [-0.15, -0.1) is 5.10 Å². The van der Waals surface area contributed by atoms with E-state index < -0.39 is 23.4 Å². The zero-order valence-corrected chi connectivity index (χ0v) is 18.3. The van der Waals surface area contributed by atoms with Crippen LogP contribution in [0.3, 0.4) is 0 Å². The van der Waals surface area contributed by atoms with Crippen molar-refractivity contribution in [3.8, 4) is 0 Å². The topological polar surface area (TPSA) is 75.2 Å². The number of allylic oxidation sites excluding steroid dienone is 1. The van der Waals surface area contributed by atoms with Crippen molar-refractivity contribution >= 4 is 11.9 Å². The summed E-state index contributed by atoms with van der Waals surface area (Å²) in [5, 5.41) is 8.83. The third kappa shape index (κ3) is 4.89. The highest BCUT2D eigenvalue weighted by atomic mass is 19.1. The van der Waals surface area contributed by atoms with Crippen LogP contribution in [0.2, 0.25) is 0 Å². The fraction of sp³-hybridized carbons (Fsp3) is 0.333. The molecule has 4 rings (SSSR count). The molecule has 2 unspecified atom stereocenters. The third-order valence-electron chi connectivity index (χ3n) is 5.68. The molecule has 2 amide bonds. The van der Waals surface area contributed by atoms with E-state index in [0.29, 0.717) is 31.0 Å². The Labute approximate surface area is 191 Å². The SMILES string of the molecule is CONC(=O)N1N=C(c2cc(F)ccc2F)OC1(CCCNC1C=CCC1)c1ccccc1. The molecule has 0 saturated heterocycles. The van der Waals surface area contributed by atoms with Crippen LogP contribution in [0.1, 0.15) is 36.8 Å². The van der Waals surface area contributed by atoms with Crippen molar-refractivity contribution in [3.05, 3.63) is 83.4 Å². The second kappa shape index (κ2) is 10.1. The minimum atomic E-state index is -1.37. The van der Waals surface area contributed by atoms with Crippen LogP contribution in [0.4, 0.5) is 13.6 Å². The first-order valence-corrected chi connectivity index (χ1v) is 10.9. The van der Waals surface area contributed by atoms with Gasteiger partial charge in [0.1, 0.15) is 11.6 Å². The molecule has 2 aliphatic rings. The quantitative estimate of drug-likeness (QED) is 0.355. The largest absolute Gasteiger partial charge is 0.443 e. The molecule has 0 radical (unpaired) electrons. The molecule has 2 atom stereocenters. The van der Waals surface area contributed by atoms with Crippen molar-refractivity contribution in [2.24, 2.45) is 5.10 Å². The highest BCUT2D eigenvalue weighted by Gasteiger charge is 2.50. The number of amides is 2. The van der Waals surface area contributed by atoms with Crippen molar-refractivity contribution in [1.29, 1.82) is 0 Å². The summed E-state index contributed by atoms with van der Waals surface area (Å²) < 4.78 is 34.6. The van der Waals surface area contributed by atoms with E-state index in [-0.39, 0.29) is 11.5 Å². The van der Waals surface area contributed by atoms with E-state index in [2.05, 4.69) is 28.1 Å². The lowest BCUT2D eigenvalue weighted by atomic mass is 9.96. The summed E-state index contributed by atoms with van der Waals surface area (Å²) in [5.74, 6) is -1.54. The molecular weight excluding hydrogens is 430 g/mol. The Balaban J connectivity index is 1.67. The van der Waals surface area contributed by atoms with E-state index in [0.717, 1.165) is 36.0 Å². The van der Waals surface area contributed by atoms with Gasteiger partial charge in [-0.05, 0) is 44.0 Å². The molecule has 2 aromatic rings. The number of carbonyl (C=O) groups is 1. The molecule has 1 aliphatic carbocycles. The van der Waals surface area contributed by atoms with Gasteiger partial charge in [-0.2, -0.15) is 5.01 Å². The number of nitrogens with zero attached hydrogens (tertiary/aromatic N) is 2. The fourth-order valence-corrected chi connectivity index (χ4v) is 4.10. The molecule has 0 bridgehead atoms. The maximum absolute atomic E-state index is 14.5. The van der Waals surface area contributed by atoms with Gasteiger partial charge in [-0.1, -0.05) is 42.5 Å². The number of ether oxygens (including phenoxy) is 1. The fourth-order valence-electron chi connectivity index (χ4n) is 4.10. The minimum Gasteiger partial charge on any atom is -0.443 e. The molecule has 0 fully saturated rings. The van der Waals surface area contributed by atoms with Crippen molar-refractivity contribution in [2.45, 2.75) is 37.5 Å². The van der Waals surface area contributed by atoms with E-state index in [1.165, 1.54) is 7.11 Å². The average molecular weight is 456 g/mol. The van der Waals surface area contributed by atoms with Crippen LogP contribution in [0.25, 0.3) is 0 Å². The van der Waals surface area contributed by atoms with Gasteiger partial charge >= 0.3 is 6.03 Å². The van der Waals surface area contributed by atoms with Gasteiger partial charge in [0, 0.05) is 18.0 Å². The molecule has 0 spiro atoms. The Hall–Kier alpha value is -3.30. The molecule has 0 aromatic heterocycles. The number of rotatable bonds is 8. The number of carbonyl (C=O) groups excluding carboxylic acids is 1. The zero-order chi connectivity index (χ0) is 23.3. The van der Waals surface area contributed by atoms with E-state index >= 15 is 0 Å². The molecule has 33 heavy (non-hydrogen) atoms. The second-order valence-corrected chi connectivity index (χ2v) is 7.87. The van der Waals surface area contributed by atoms with E-state index in [9.17, 15) is 13.6 Å². The second-order valence-electron chi connectivity index (χ2n) is 7.87. The van der Waals surface area contributed by atoms with Crippen molar-refractivity contribution in [2.75, 3.05) is 13.7 Å². The van der Waals surface area contributed by atoms with Crippen molar-refractivity contribution in [3.63, 3.8) is 0 Å². The van der Waals surface area contributed by atoms with Gasteiger partial charge in [0.25, 0.3) is 0 Å². The lowest BCUT2D eigenvalue weighted by Crippen LogP contribution is -2.49. The van der Waals surface area contributed by atoms with Crippen molar-refractivity contribution in [1.82, 2.24) is 15.8 Å². The van der Waals surface area contributed by atoms with Crippen molar-refractivity contribution < 1.29 is 23.1 Å². The predicted molar refractivity (Wildman–Crippen MR) is 119 cm³/mol. The van der Waals surface area contributed by atoms with Crippen LogP contribution in [0, 0.1) is 11.6 Å². The average Bonchev–Trinajstić information content (AvgIpc) is 3.48. The Bertz CT molecular complexity index is 1050. The first-order valence-electron chi connectivity index (χ1n) is 10.9.